The molecule has 0 bridgehead atoms. The molecule has 0 aromatic heterocycles. The number of hydrogen-bond donors (Lipinski definition) is 0. The van der Waals surface area contributed by atoms with Crippen LogP contribution in [0.3, 0.4) is 0 Å². The average molecular weight is 173 g/mol. The molecular weight excluding hydrogens is 162 g/mol. The summed E-state index contributed by atoms with van der Waals surface area (Å²) in [4.78, 5) is 13.7. The fourth-order valence-electron chi connectivity index (χ4n) is 2.30. The van der Waals surface area contributed by atoms with E-state index < -0.39 is 0 Å². The molecule has 0 saturated heterocycles. The highest BCUT2D eigenvalue weighted by molar-refractivity contribution is 5.98. The standard InChI is InChI=1S/C11H11NO/c1-12-10-6-9(10)7-4-2-3-5-8(7)11(12)13/h2-5,9-10H,6H2,1H3/t9-,10?/m1/s1. The molecule has 1 amide bonds. The predicted molar refractivity (Wildman–Crippen MR) is 49.7 cm³/mol. The molecule has 1 aromatic carbocycles. The quantitative estimate of drug-likeness (QED) is 0.584. The summed E-state index contributed by atoms with van der Waals surface area (Å²) in [6.45, 7) is 0. The summed E-state index contributed by atoms with van der Waals surface area (Å²) >= 11 is 0. The number of carbonyl (C=O) groups is 1. The summed E-state index contributed by atoms with van der Waals surface area (Å²) in [5.41, 5.74) is 2.17. The topological polar surface area (TPSA) is 20.3 Å². The van der Waals surface area contributed by atoms with Crippen LogP contribution in [-0.4, -0.2) is 23.9 Å². The molecule has 1 aliphatic carbocycles. The molecule has 13 heavy (non-hydrogen) atoms. The molecule has 0 spiro atoms. The minimum atomic E-state index is 0.189. The molecule has 1 heterocycles. The van der Waals surface area contributed by atoms with Crippen LogP contribution in [0.4, 0.5) is 0 Å². The molecule has 3 rings (SSSR count). The van der Waals surface area contributed by atoms with E-state index >= 15 is 0 Å². The average Bonchev–Trinajstić information content (AvgIpc) is 2.94. The smallest absolute Gasteiger partial charge is 0.254 e. The van der Waals surface area contributed by atoms with E-state index in [0.29, 0.717) is 12.0 Å². The Morgan fingerprint density at radius 2 is 2.15 bits per heavy atom. The van der Waals surface area contributed by atoms with Gasteiger partial charge in [-0.1, -0.05) is 18.2 Å². The van der Waals surface area contributed by atoms with Gasteiger partial charge < -0.3 is 4.90 Å². The molecular formula is C11H11NO. The molecule has 2 heteroatoms. The maximum atomic E-state index is 11.8. The van der Waals surface area contributed by atoms with Gasteiger partial charge in [0, 0.05) is 24.6 Å². The molecule has 1 saturated carbocycles. The molecule has 66 valence electrons. The molecule has 2 atom stereocenters. The van der Waals surface area contributed by atoms with E-state index in [2.05, 4.69) is 6.07 Å². The highest BCUT2D eigenvalue weighted by Gasteiger charge is 2.48. The van der Waals surface area contributed by atoms with E-state index in [4.69, 9.17) is 0 Å². The third-order valence-electron chi connectivity index (χ3n) is 3.17. The van der Waals surface area contributed by atoms with Gasteiger partial charge in [0.1, 0.15) is 0 Å². The van der Waals surface area contributed by atoms with Crippen LogP contribution >= 0.6 is 0 Å². The van der Waals surface area contributed by atoms with Gasteiger partial charge in [-0.2, -0.15) is 0 Å². The Balaban J connectivity index is 2.20. The molecule has 1 fully saturated rings. The third-order valence-corrected chi connectivity index (χ3v) is 3.17. The van der Waals surface area contributed by atoms with Crippen LogP contribution < -0.4 is 0 Å². The Labute approximate surface area is 77.2 Å². The van der Waals surface area contributed by atoms with Crippen molar-refractivity contribution in [2.24, 2.45) is 0 Å². The minimum Gasteiger partial charge on any atom is -0.338 e. The lowest BCUT2D eigenvalue weighted by molar-refractivity contribution is 0.0770. The number of fused-ring (bicyclic) bond motifs is 3. The van der Waals surface area contributed by atoms with E-state index in [9.17, 15) is 4.79 Å². The summed E-state index contributed by atoms with van der Waals surface area (Å²) in [6.07, 6.45) is 1.15. The Morgan fingerprint density at radius 3 is 3.00 bits per heavy atom. The molecule has 1 aromatic rings. The Kier molecular flexibility index (Phi) is 1.17. The van der Waals surface area contributed by atoms with E-state index in [-0.39, 0.29) is 5.91 Å². The van der Waals surface area contributed by atoms with Gasteiger partial charge in [0.05, 0.1) is 0 Å². The van der Waals surface area contributed by atoms with Crippen molar-refractivity contribution in [3.8, 4) is 0 Å². The van der Waals surface area contributed by atoms with Crippen molar-refractivity contribution in [1.82, 2.24) is 4.90 Å². The van der Waals surface area contributed by atoms with Crippen LogP contribution in [0, 0.1) is 0 Å². The lowest BCUT2D eigenvalue weighted by Gasteiger charge is -2.23. The SMILES string of the molecule is CN1C(=O)c2ccccc2[C@H]2CC21. The van der Waals surface area contributed by atoms with E-state index in [1.165, 1.54) is 5.56 Å². The van der Waals surface area contributed by atoms with Gasteiger partial charge in [0.25, 0.3) is 5.91 Å². The Bertz CT molecular complexity index is 385. The first kappa shape index (κ1) is 7.13. The van der Waals surface area contributed by atoms with Crippen molar-refractivity contribution in [3.05, 3.63) is 35.4 Å². The minimum absolute atomic E-state index is 0.189. The Morgan fingerprint density at radius 1 is 1.38 bits per heavy atom. The number of likely N-dealkylation sites (N-methyl/N-ethyl adjacent to an activating group) is 1. The van der Waals surface area contributed by atoms with Crippen molar-refractivity contribution in [3.63, 3.8) is 0 Å². The summed E-state index contributed by atoms with van der Waals surface area (Å²) in [7, 11) is 1.91. The molecule has 1 unspecified atom stereocenters. The second-order valence-corrected chi connectivity index (χ2v) is 3.91. The van der Waals surface area contributed by atoms with Gasteiger partial charge in [-0.15, -0.1) is 0 Å². The van der Waals surface area contributed by atoms with E-state index in [0.717, 1.165) is 12.0 Å². The summed E-state index contributed by atoms with van der Waals surface area (Å²) in [5.74, 6) is 0.813. The van der Waals surface area contributed by atoms with Gasteiger partial charge in [-0.3, -0.25) is 4.79 Å². The van der Waals surface area contributed by atoms with E-state index in [1.807, 2.05) is 30.1 Å². The normalized spacial score (nSPS) is 29.6. The second kappa shape index (κ2) is 2.13. The molecule has 1 aliphatic heterocycles. The lowest BCUT2D eigenvalue weighted by atomic mass is 9.99. The van der Waals surface area contributed by atoms with E-state index in [1.54, 1.807) is 0 Å². The fourth-order valence-corrected chi connectivity index (χ4v) is 2.30. The highest BCUT2D eigenvalue weighted by Crippen LogP contribution is 2.49. The second-order valence-electron chi connectivity index (χ2n) is 3.91. The number of carbonyl (C=O) groups excluding carboxylic acids is 1. The van der Waals surface area contributed by atoms with Gasteiger partial charge in [-0.05, 0) is 18.1 Å². The van der Waals surface area contributed by atoms with Gasteiger partial charge in [0.15, 0.2) is 0 Å². The maximum Gasteiger partial charge on any atom is 0.254 e. The first-order valence-electron chi connectivity index (χ1n) is 4.65. The van der Waals surface area contributed by atoms with Crippen molar-refractivity contribution >= 4 is 5.91 Å². The van der Waals surface area contributed by atoms with Crippen LogP contribution in [0.1, 0.15) is 28.3 Å². The zero-order valence-corrected chi connectivity index (χ0v) is 7.53. The van der Waals surface area contributed by atoms with Gasteiger partial charge >= 0.3 is 0 Å². The van der Waals surface area contributed by atoms with Crippen molar-refractivity contribution < 1.29 is 4.79 Å². The summed E-state index contributed by atoms with van der Waals surface area (Å²) < 4.78 is 0. The number of amides is 1. The third kappa shape index (κ3) is 0.804. The molecule has 0 N–H and O–H groups in total. The number of hydrogen-bond acceptors (Lipinski definition) is 1. The summed E-state index contributed by atoms with van der Waals surface area (Å²) in [5, 5.41) is 0. The Hall–Kier alpha value is -1.31. The maximum absolute atomic E-state index is 11.8. The van der Waals surface area contributed by atoms with Crippen LogP contribution in [0.15, 0.2) is 24.3 Å². The molecule has 2 nitrogen and oxygen atoms in total. The lowest BCUT2D eigenvalue weighted by Crippen LogP contribution is -2.33. The van der Waals surface area contributed by atoms with Crippen LogP contribution in [0.5, 0.6) is 0 Å². The van der Waals surface area contributed by atoms with Crippen LogP contribution in [0.25, 0.3) is 0 Å². The van der Waals surface area contributed by atoms with Crippen molar-refractivity contribution in [2.45, 2.75) is 18.4 Å². The van der Waals surface area contributed by atoms with Gasteiger partial charge in [0.2, 0.25) is 0 Å². The largest absolute Gasteiger partial charge is 0.338 e. The fraction of sp³-hybridized carbons (Fsp3) is 0.364. The molecule has 2 aliphatic rings. The first-order valence-corrected chi connectivity index (χ1v) is 4.65. The highest BCUT2D eigenvalue weighted by atomic mass is 16.2. The zero-order valence-electron chi connectivity index (χ0n) is 7.53. The predicted octanol–water partition coefficient (Wildman–Crippen LogP) is 1.63. The monoisotopic (exact) mass is 173 g/mol. The van der Waals surface area contributed by atoms with Gasteiger partial charge in [-0.25, -0.2) is 0 Å². The molecule has 0 radical (unpaired) electrons. The number of benzene rings is 1. The summed E-state index contributed by atoms with van der Waals surface area (Å²) in [6, 6.07) is 8.47. The zero-order chi connectivity index (χ0) is 9.00. The van der Waals surface area contributed by atoms with Crippen LogP contribution in [0.2, 0.25) is 0 Å². The van der Waals surface area contributed by atoms with Crippen molar-refractivity contribution in [1.29, 1.82) is 0 Å². The first-order chi connectivity index (χ1) is 6.29. The number of nitrogens with zero attached hydrogens (tertiary/aromatic N) is 1. The van der Waals surface area contributed by atoms with Crippen molar-refractivity contribution in [2.75, 3.05) is 7.05 Å². The van der Waals surface area contributed by atoms with Crippen LogP contribution in [-0.2, 0) is 0 Å². The number of rotatable bonds is 0.